The first-order chi connectivity index (χ1) is 9.28. The Morgan fingerprint density at radius 2 is 2.40 bits per heavy atom. The van der Waals surface area contributed by atoms with Crippen LogP contribution in [0.3, 0.4) is 0 Å². The van der Waals surface area contributed by atoms with Crippen LogP contribution in [0, 0.1) is 5.92 Å². The molecule has 2 N–H and O–H groups in total. The Labute approximate surface area is 149 Å². The fourth-order valence-electron chi connectivity index (χ4n) is 1.93. The molecule has 0 amide bonds. The molecule has 1 saturated heterocycles. The topological polar surface area (TPSA) is 45.7 Å². The average Bonchev–Trinajstić information content (AvgIpc) is 3.04. The summed E-state index contributed by atoms with van der Waals surface area (Å²) in [5.41, 5.74) is 1.23. The number of nitrogens with zero attached hydrogens (tertiary/aromatic N) is 1. The number of rotatable bonds is 5. The molecule has 1 atom stereocenters. The van der Waals surface area contributed by atoms with E-state index in [9.17, 15) is 0 Å². The van der Waals surface area contributed by atoms with E-state index >= 15 is 0 Å². The molecule has 1 unspecified atom stereocenters. The lowest BCUT2D eigenvalue weighted by atomic mass is 10.1. The maximum atomic E-state index is 5.38. The van der Waals surface area contributed by atoms with Crippen molar-refractivity contribution in [3.63, 3.8) is 0 Å². The van der Waals surface area contributed by atoms with Crippen molar-refractivity contribution in [1.82, 2.24) is 10.6 Å². The average molecular weight is 474 g/mol. The van der Waals surface area contributed by atoms with Crippen LogP contribution in [0.25, 0.3) is 0 Å². The predicted molar refractivity (Wildman–Crippen MR) is 99.2 cm³/mol. The maximum Gasteiger partial charge on any atom is 0.191 e. The van der Waals surface area contributed by atoms with E-state index in [4.69, 9.17) is 4.74 Å². The van der Waals surface area contributed by atoms with E-state index in [0.717, 1.165) is 42.5 Å². The summed E-state index contributed by atoms with van der Waals surface area (Å²) in [4.78, 5) is 4.60. The third-order valence-electron chi connectivity index (χ3n) is 2.97. The summed E-state index contributed by atoms with van der Waals surface area (Å²) < 4.78 is 6.53. The molecule has 114 valence electrons. The first-order valence-corrected chi connectivity index (χ1v) is 8.28. The number of guanidine groups is 1. The van der Waals surface area contributed by atoms with Crippen LogP contribution in [0.2, 0.25) is 0 Å². The van der Waals surface area contributed by atoms with Crippen LogP contribution in [-0.4, -0.2) is 32.3 Å². The second-order valence-corrected chi connectivity index (χ2v) is 6.86. The molecule has 1 aromatic rings. The van der Waals surface area contributed by atoms with E-state index in [0.29, 0.717) is 12.5 Å². The minimum absolute atomic E-state index is 0. The van der Waals surface area contributed by atoms with Gasteiger partial charge in [0.15, 0.2) is 5.96 Å². The molecule has 7 heteroatoms. The normalized spacial score (nSPS) is 18.7. The van der Waals surface area contributed by atoms with Crippen molar-refractivity contribution in [2.24, 2.45) is 10.9 Å². The van der Waals surface area contributed by atoms with Gasteiger partial charge in [-0.3, -0.25) is 0 Å². The Bertz CT molecular complexity index is 422. The summed E-state index contributed by atoms with van der Waals surface area (Å²) in [5, 5.41) is 8.79. The molecule has 0 radical (unpaired) electrons. The first-order valence-electron chi connectivity index (χ1n) is 6.60. The van der Waals surface area contributed by atoms with E-state index in [1.807, 2.05) is 0 Å². The number of hydrogen-bond donors (Lipinski definition) is 2. The van der Waals surface area contributed by atoms with Gasteiger partial charge in [0.05, 0.1) is 16.9 Å². The molecule has 0 aliphatic carbocycles. The van der Waals surface area contributed by atoms with Gasteiger partial charge in [-0.15, -0.1) is 35.3 Å². The van der Waals surface area contributed by atoms with E-state index < -0.39 is 0 Å². The molecular formula is C13H21BrIN3OS. The molecule has 2 heterocycles. The summed E-state index contributed by atoms with van der Waals surface area (Å²) in [6.07, 6.45) is 1.14. The van der Waals surface area contributed by atoms with Crippen LogP contribution < -0.4 is 10.6 Å². The zero-order valence-electron chi connectivity index (χ0n) is 11.5. The van der Waals surface area contributed by atoms with Crippen molar-refractivity contribution in [2.75, 3.05) is 26.3 Å². The van der Waals surface area contributed by atoms with Gasteiger partial charge in [-0.25, -0.2) is 4.99 Å². The van der Waals surface area contributed by atoms with Gasteiger partial charge >= 0.3 is 0 Å². The Morgan fingerprint density at radius 3 is 3.00 bits per heavy atom. The second kappa shape index (κ2) is 9.97. The minimum Gasteiger partial charge on any atom is -0.381 e. The fraction of sp³-hybridized carbons (Fsp3) is 0.615. The standard InChI is InChI=1S/C13H20BrN3OS.HI/c1-2-15-13(16-6-10-3-4-18-8-10)17-7-11-5-12(14)19-9-11;/h5,9-10H,2-4,6-8H2,1H3,(H2,15,16,17);1H. The van der Waals surface area contributed by atoms with Crippen molar-refractivity contribution < 1.29 is 4.74 Å². The molecule has 0 bridgehead atoms. The van der Waals surface area contributed by atoms with Crippen LogP contribution in [-0.2, 0) is 11.3 Å². The van der Waals surface area contributed by atoms with Crippen molar-refractivity contribution >= 4 is 57.2 Å². The van der Waals surface area contributed by atoms with E-state index in [-0.39, 0.29) is 24.0 Å². The highest BCUT2D eigenvalue weighted by Gasteiger charge is 2.15. The number of hydrogen-bond acceptors (Lipinski definition) is 3. The van der Waals surface area contributed by atoms with E-state index in [1.165, 1.54) is 5.56 Å². The van der Waals surface area contributed by atoms with Gasteiger partial charge in [-0.1, -0.05) is 0 Å². The Hall–Kier alpha value is 0.140. The van der Waals surface area contributed by atoms with Crippen LogP contribution in [0.5, 0.6) is 0 Å². The van der Waals surface area contributed by atoms with Gasteiger partial charge in [0, 0.05) is 25.6 Å². The summed E-state index contributed by atoms with van der Waals surface area (Å²) in [6, 6.07) is 2.11. The lowest BCUT2D eigenvalue weighted by Crippen LogP contribution is -2.39. The molecule has 4 nitrogen and oxygen atoms in total. The number of thiophene rings is 1. The molecule has 0 saturated carbocycles. The van der Waals surface area contributed by atoms with Crippen LogP contribution in [0.4, 0.5) is 0 Å². The number of aliphatic imine (C=N–C) groups is 1. The molecular weight excluding hydrogens is 453 g/mol. The predicted octanol–water partition coefficient (Wildman–Crippen LogP) is 3.22. The van der Waals surface area contributed by atoms with E-state index in [1.54, 1.807) is 11.3 Å². The number of nitrogens with one attached hydrogen (secondary N) is 2. The maximum absolute atomic E-state index is 5.38. The summed E-state index contributed by atoms with van der Waals surface area (Å²) in [6.45, 7) is 6.35. The summed E-state index contributed by atoms with van der Waals surface area (Å²) >= 11 is 5.16. The van der Waals surface area contributed by atoms with Crippen molar-refractivity contribution in [3.05, 3.63) is 20.8 Å². The third-order valence-corrected chi connectivity index (χ3v) is 4.52. The minimum atomic E-state index is 0. The van der Waals surface area contributed by atoms with Crippen LogP contribution in [0.15, 0.2) is 20.2 Å². The smallest absolute Gasteiger partial charge is 0.191 e. The van der Waals surface area contributed by atoms with E-state index in [2.05, 4.69) is 49.9 Å². The van der Waals surface area contributed by atoms with Gasteiger partial charge < -0.3 is 15.4 Å². The van der Waals surface area contributed by atoms with Crippen LogP contribution in [0.1, 0.15) is 18.9 Å². The molecule has 1 fully saturated rings. The Balaban J connectivity index is 0.00000200. The van der Waals surface area contributed by atoms with Gasteiger partial charge in [0.1, 0.15) is 0 Å². The largest absolute Gasteiger partial charge is 0.381 e. The van der Waals surface area contributed by atoms with Crippen molar-refractivity contribution in [2.45, 2.75) is 19.9 Å². The monoisotopic (exact) mass is 473 g/mol. The second-order valence-electron chi connectivity index (χ2n) is 4.56. The van der Waals surface area contributed by atoms with Crippen molar-refractivity contribution in [1.29, 1.82) is 0 Å². The van der Waals surface area contributed by atoms with Gasteiger partial charge in [0.25, 0.3) is 0 Å². The Morgan fingerprint density at radius 1 is 1.55 bits per heavy atom. The summed E-state index contributed by atoms with van der Waals surface area (Å²) in [7, 11) is 0. The molecule has 1 aliphatic rings. The van der Waals surface area contributed by atoms with Gasteiger partial charge in [0.2, 0.25) is 0 Å². The van der Waals surface area contributed by atoms with Crippen molar-refractivity contribution in [3.8, 4) is 0 Å². The highest BCUT2D eigenvalue weighted by atomic mass is 127. The fourth-order valence-corrected chi connectivity index (χ4v) is 3.13. The lowest BCUT2D eigenvalue weighted by molar-refractivity contribution is 0.186. The SMILES string of the molecule is CCNC(=NCc1csc(Br)c1)NCC1CCOC1.I. The summed E-state index contributed by atoms with van der Waals surface area (Å²) in [5.74, 6) is 1.50. The molecule has 1 aliphatic heterocycles. The zero-order valence-corrected chi connectivity index (χ0v) is 16.3. The van der Waals surface area contributed by atoms with Gasteiger partial charge in [-0.2, -0.15) is 0 Å². The molecule has 1 aromatic heterocycles. The molecule has 20 heavy (non-hydrogen) atoms. The zero-order chi connectivity index (χ0) is 13.5. The lowest BCUT2D eigenvalue weighted by Gasteiger charge is -2.13. The highest BCUT2D eigenvalue weighted by molar-refractivity contribution is 14.0. The van der Waals surface area contributed by atoms with Crippen LogP contribution >= 0.6 is 51.2 Å². The first kappa shape index (κ1) is 18.2. The molecule has 2 rings (SSSR count). The number of ether oxygens (including phenoxy) is 1. The van der Waals surface area contributed by atoms with Gasteiger partial charge in [-0.05, 0) is 46.3 Å². The molecule has 0 aromatic carbocycles. The Kier molecular flexibility index (Phi) is 9.06. The highest BCUT2D eigenvalue weighted by Crippen LogP contribution is 2.21. The third kappa shape index (κ3) is 6.28. The number of halogens is 2. The quantitative estimate of drug-likeness (QED) is 0.392. The molecule has 0 spiro atoms.